The molecule has 3 aromatic rings. The van der Waals surface area contributed by atoms with E-state index in [1.54, 1.807) is 6.20 Å². The number of rotatable bonds is 4. The lowest BCUT2D eigenvalue weighted by molar-refractivity contribution is 0.144. The molecule has 0 radical (unpaired) electrons. The van der Waals surface area contributed by atoms with E-state index in [-0.39, 0.29) is 12.5 Å². The number of aromatic nitrogens is 1. The fraction of sp³-hybridized carbons (Fsp3) is 0.200. The lowest BCUT2D eigenvalue weighted by Gasteiger charge is -2.14. The molecule has 0 bridgehead atoms. The minimum Gasteiger partial charge on any atom is -0.449 e. The molecular formula is C25H23N3O2. The van der Waals surface area contributed by atoms with E-state index in [1.165, 1.54) is 22.3 Å². The average molecular weight is 397 g/mol. The molecule has 0 atom stereocenters. The molecule has 0 saturated heterocycles. The second-order valence-corrected chi connectivity index (χ2v) is 7.28. The van der Waals surface area contributed by atoms with Gasteiger partial charge < -0.3 is 15.0 Å². The first-order valence-corrected chi connectivity index (χ1v) is 9.84. The van der Waals surface area contributed by atoms with E-state index in [0.717, 1.165) is 11.4 Å². The molecule has 0 fully saturated rings. The van der Waals surface area contributed by atoms with Gasteiger partial charge in [-0.05, 0) is 34.4 Å². The van der Waals surface area contributed by atoms with Crippen LogP contribution < -0.4 is 10.2 Å². The SMILES string of the molecule is CN(C)c1ccc(C#CCNC(=O)OCC2c3ccccc3-c3ccccc32)cn1. The Bertz CT molecular complexity index is 1070. The van der Waals surface area contributed by atoms with Gasteiger partial charge in [-0.3, -0.25) is 0 Å². The average Bonchev–Trinajstić information content (AvgIpc) is 3.09. The molecule has 0 saturated carbocycles. The summed E-state index contributed by atoms with van der Waals surface area (Å²) in [7, 11) is 3.87. The van der Waals surface area contributed by atoms with E-state index in [1.807, 2.05) is 55.4 Å². The van der Waals surface area contributed by atoms with Crippen LogP contribution in [0.5, 0.6) is 0 Å². The Morgan fingerprint density at radius 3 is 2.30 bits per heavy atom. The summed E-state index contributed by atoms with van der Waals surface area (Å²) in [4.78, 5) is 18.4. The molecule has 0 unspecified atom stereocenters. The molecule has 30 heavy (non-hydrogen) atoms. The van der Waals surface area contributed by atoms with Crippen LogP contribution in [0.2, 0.25) is 0 Å². The van der Waals surface area contributed by atoms with E-state index in [0.29, 0.717) is 6.61 Å². The normalized spacial score (nSPS) is 11.7. The van der Waals surface area contributed by atoms with Gasteiger partial charge in [-0.15, -0.1) is 0 Å². The summed E-state index contributed by atoms with van der Waals surface area (Å²) >= 11 is 0. The number of anilines is 1. The predicted octanol–water partition coefficient (Wildman–Crippen LogP) is 4.04. The smallest absolute Gasteiger partial charge is 0.407 e. The van der Waals surface area contributed by atoms with Crippen molar-refractivity contribution in [3.8, 4) is 23.0 Å². The molecule has 1 N–H and O–H groups in total. The van der Waals surface area contributed by atoms with Crippen molar-refractivity contribution >= 4 is 11.9 Å². The second-order valence-electron chi connectivity index (χ2n) is 7.28. The highest BCUT2D eigenvalue weighted by Gasteiger charge is 2.28. The molecule has 5 nitrogen and oxygen atoms in total. The lowest BCUT2D eigenvalue weighted by atomic mass is 9.98. The third-order valence-electron chi connectivity index (χ3n) is 5.10. The highest BCUT2D eigenvalue weighted by molar-refractivity contribution is 5.79. The molecule has 1 aliphatic rings. The number of ether oxygens (including phenoxy) is 1. The molecule has 0 aliphatic heterocycles. The van der Waals surface area contributed by atoms with Crippen molar-refractivity contribution in [1.82, 2.24) is 10.3 Å². The summed E-state index contributed by atoms with van der Waals surface area (Å²) in [5.74, 6) is 6.84. The van der Waals surface area contributed by atoms with Gasteiger partial charge in [0.15, 0.2) is 0 Å². The number of carbonyl (C=O) groups is 1. The Labute approximate surface area is 176 Å². The second kappa shape index (κ2) is 8.71. The highest BCUT2D eigenvalue weighted by atomic mass is 16.5. The van der Waals surface area contributed by atoms with Crippen molar-refractivity contribution in [2.24, 2.45) is 0 Å². The fourth-order valence-electron chi connectivity index (χ4n) is 3.64. The molecule has 1 aliphatic carbocycles. The van der Waals surface area contributed by atoms with Gasteiger partial charge in [0.25, 0.3) is 0 Å². The van der Waals surface area contributed by atoms with Crippen molar-refractivity contribution in [1.29, 1.82) is 0 Å². The van der Waals surface area contributed by atoms with Crippen molar-refractivity contribution in [3.63, 3.8) is 0 Å². The Morgan fingerprint density at radius 2 is 1.70 bits per heavy atom. The van der Waals surface area contributed by atoms with Crippen LogP contribution in [0.1, 0.15) is 22.6 Å². The number of nitrogens with one attached hydrogen (secondary N) is 1. The Hall–Kier alpha value is -3.78. The van der Waals surface area contributed by atoms with Gasteiger partial charge in [-0.1, -0.05) is 60.4 Å². The third kappa shape index (κ3) is 4.13. The number of carbonyl (C=O) groups excluding carboxylic acids is 1. The van der Waals surface area contributed by atoms with Gasteiger partial charge in [-0.2, -0.15) is 0 Å². The number of benzene rings is 2. The van der Waals surface area contributed by atoms with Crippen LogP contribution in [0.4, 0.5) is 10.6 Å². The Kier molecular flexibility index (Phi) is 5.67. The molecule has 4 rings (SSSR count). The fourth-order valence-corrected chi connectivity index (χ4v) is 3.64. The van der Waals surface area contributed by atoms with Gasteiger partial charge in [-0.25, -0.2) is 9.78 Å². The lowest BCUT2D eigenvalue weighted by Crippen LogP contribution is -2.26. The van der Waals surface area contributed by atoms with E-state index in [9.17, 15) is 4.79 Å². The van der Waals surface area contributed by atoms with E-state index < -0.39 is 6.09 Å². The Balaban J connectivity index is 1.32. The summed E-state index contributed by atoms with van der Waals surface area (Å²) in [6.07, 6.45) is 1.25. The molecule has 150 valence electrons. The Morgan fingerprint density at radius 1 is 1.03 bits per heavy atom. The quantitative estimate of drug-likeness (QED) is 0.675. The van der Waals surface area contributed by atoms with Crippen molar-refractivity contribution < 1.29 is 9.53 Å². The van der Waals surface area contributed by atoms with Crippen molar-refractivity contribution in [3.05, 3.63) is 83.6 Å². The summed E-state index contributed by atoms with van der Waals surface area (Å²) in [5.41, 5.74) is 5.61. The van der Waals surface area contributed by atoms with Crippen LogP contribution in [0.3, 0.4) is 0 Å². The molecule has 1 heterocycles. The number of amides is 1. The van der Waals surface area contributed by atoms with Crippen LogP contribution in [-0.2, 0) is 4.74 Å². The molecule has 0 spiro atoms. The first-order valence-electron chi connectivity index (χ1n) is 9.84. The zero-order valence-corrected chi connectivity index (χ0v) is 17.1. The van der Waals surface area contributed by atoms with Gasteiger partial charge in [0.1, 0.15) is 12.4 Å². The van der Waals surface area contributed by atoms with Crippen LogP contribution in [0.15, 0.2) is 66.9 Å². The minimum absolute atomic E-state index is 0.0514. The van der Waals surface area contributed by atoms with E-state index >= 15 is 0 Å². The number of fused-ring (bicyclic) bond motifs is 3. The number of pyridine rings is 1. The minimum atomic E-state index is -0.466. The van der Waals surface area contributed by atoms with E-state index in [4.69, 9.17) is 4.74 Å². The van der Waals surface area contributed by atoms with Crippen LogP contribution in [0.25, 0.3) is 11.1 Å². The summed E-state index contributed by atoms with van der Waals surface area (Å²) in [5, 5.41) is 2.69. The standard InChI is InChI=1S/C25H23N3O2/c1-28(2)24-14-13-18(16-27-24)8-7-15-26-25(29)30-17-23-21-11-5-3-9-19(21)20-10-4-6-12-22(20)23/h3-6,9-14,16,23H,15,17H2,1-2H3,(H,26,29). The van der Waals surface area contributed by atoms with Crippen LogP contribution in [-0.4, -0.2) is 38.3 Å². The molecule has 2 aromatic carbocycles. The number of hydrogen-bond donors (Lipinski definition) is 1. The maximum atomic E-state index is 12.1. The molecule has 1 aromatic heterocycles. The topological polar surface area (TPSA) is 54.5 Å². The van der Waals surface area contributed by atoms with Gasteiger partial charge in [0.2, 0.25) is 0 Å². The number of nitrogens with zero attached hydrogens (tertiary/aromatic N) is 2. The maximum Gasteiger partial charge on any atom is 0.407 e. The molecule has 5 heteroatoms. The number of hydrogen-bond acceptors (Lipinski definition) is 4. The zero-order chi connectivity index (χ0) is 20.9. The summed E-state index contributed by atoms with van der Waals surface area (Å²) in [6.45, 7) is 0.509. The maximum absolute atomic E-state index is 12.1. The van der Waals surface area contributed by atoms with E-state index in [2.05, 4.69) is 46.4 Å². The first kappa shape index (κ1) is 19.5. The predicted molar refractivity (Wildman–Crippen MR) is 119 cm³/mol. The number of alkyl carbamates (subject to hydrolysis) is 1. The zero-order valence-electron chi connectivity index (χ0n) is 17.1. The van der Waals surface area contributed by atoms with Gasteiger partial charge >= 0.3 is 6.09 Å². The van der Waals surface area contributed by atoms with Gasteiger partial charge in [0, 0.05) is 31.8 Å². The van der Waals surface area contributed by atoms with Crippen molar-refractivity contribution in [2.45, 2.75) is 5.92 Å². The highest BCUT2D eigenvalue weighted by Crippen LogP contribution is 2.44. The monoisotopic (exact) mass is 397 g/mol. The summed E-state index contributed by atoms with van der Waals surface area (Å²) in [6, 6.07) is 20.4. The van der Waals surface area contributed by atoms with Crippen molar-refractivity contribution in [2.75, 3.05) is 32.1 Å². The summed E-state index contributed by atoms with van der Waals surface area (Å²) < 4.78 is 5.50. The largest absolute Gasteiger partial charge is 0.449 e. The third-order valence-corrected chi connectivity index (χ3v) is 5.10. The van der Waals surface area contributed by atoms with Crippen LogP contribution >= 0.6 is 0 Å². The first-order chi connectivity index (χ1) is 14.6. The van der Waals surface area contributed by atoms with Crippen LogP contribution in [0, 0.1) is 11.8 Å². The van der Waals surface area contributed by atoms with Gasteiger partial charge in [0.05, 0.1) is 6.54 Å². The molecular weight excluding hydrogens is 374 g/mol. The molecule has 1 amide bonds.